The largest absolute Gasteiger partial charge is 0.416 e. The molecule has 2 N–H and O–H groups in total. The molecule has 0 saturated carbocycles. The first-order chi connectivity index (χ1) is 12.3. The molecule has 2 aliphatic rings. The molecule has 0 unspecified atom stereocenters. The number of alkyl halides is 3. The number of benzene rings is 1. The summed E-state index contributed by atoms with van der Waals surface area (Å²) in [5.41, 5.74) is -0.711. The van der Waals surface area contributed by atoms with Crippen LogP contribution in [0.1, 0.15) is 28.8 Å². The van der Waals surface area contributed by atoms with Crippen molar-refractivity contribution in [3.63, 3.8) is 0 Å². The molecule has 26 heavy (non-hydrogen) atoms. The zero-order valence-corrected chi connectivity index (χ0v) is 14.3. The van der Waals surface area contributed by atoms with Crippen molar-refractivity contribution in [2.75, 3.05) is 32.7 Å². The van der Waals surface area contributed by atoms with Crippen LogP contribution >= 0.6 is 0 Å². The third-order valence-electron chi connectivity index (χ3n) is 5.25. The predicted molar refractivity (Wildman–Crippen MR) is 89.4 cm³/mol. The average Bonchev–Trinajstić information content (AvgIpc) is 2.97. The maximum absolute atomic E-state index is 12.5. The van der Waals surface area contributed by atoms with Gasteiger partial charge in [-0.25, -0.2) is 0 Å². The molecule has 2 heterocycles. The molecule has 1 aromatic rings. The number of nitrogens with one attached hydrogen (secondary N) is 2. The molecule has 2 saturated heterocycles. The van der Waals surface area contributed by atoms with Gasteiger partial charge in [0.15, 0.2) is 0 Å². The van der Waals surface area contributed by atoms with Crippen LogP contribution < -0.4 is 10.6 Å². The first-order valence-electron chi connectivity index (χ1n) is 8.78. The summed E-state index contributed by atoms with van der Waals surface area (Å²) in [7, 11) is 0. The minimum absolute atomic E-state index is 0.0993. The van der Waals surface area contributed by atoms with Crippen molar-refractivity contribution in [1.82, 2.24) is 15.5 Å². The summed E-state index contributed by atoms with van der Waals surface area (Å²) in [5, 5.41) is 5.88. The van der Waals surface area contributed by atoms with Crippen LogP contribution in [0.3, 0.4) is 0 Å². The summed E-state index contributed by atoms with van der Waals surface area (Å²) in [6, 6.07) is 3.95. The van der Waals surface area contributed by atoms with Crippen molar-refractivity contribution >= 4 is 11.8 Å². The minimum Gasteiger partial charge on any atom is -0.343 e. The SMILES string of the molecule is O=C(NCC(=O)N1CC[C@@H]2CNC[C@@H]2CC1)c1ccc(C(F)(F)F)cc1. The van der Waals surface area contributed by atoms with Gasteiger partial charge in [-0.2, -0.15) is 13.2 Å². The van der Waals surface area contributed by atoms with Gasteiger partial charge >= 0.3 is 6.18 Å². The number of nitrogens with zero attached hydrogens (tertiary/aromatic N) is 1. The number of halogens is 3. The number of carbonyl (C=O) groups excluding carboxylic acids is 2. The van der Waals surface area contributed by atoms with Crippen molar-refractivity contribution in [2.45, 2.75) is 19.0 Å². The number of fused-ring (bicyclic) bond motifs is 1. The Morgan fingerprint density at radius 1 is 1.08 bits per heavy atom. The van der Waals surface area contributed by atoms with Crippen molar-refractivity contribution < 1.29 is 22.8 Å². The monoisotopic (exact) mass is 369 g/mol. The van der Waals surface area contributed by atoms with Crippen molar-refractivity contribution in [3.05, 3.63) is 35.4 Å². The Balaban J connectivity index is 1.50. The van der Waals surface area contributed by atoms with Gasteiger partial charge in [-0.15, -0.1) is 0 Å². The van der Waals surface area contributed by atoms with E-state index in [9.17, 15) is 22.8 Å². The van der Waals surface area contributed by atoms with Crippen LogP contribution in [0.25, 0.3) is 0 Å². The van der Waals surface area contributed by atoms with Gasteiger partial charge in [0.2, 0.25) is 5.91 Å². The van der Waals surface area contributed by atoms with E-state index in [-0.39, 0.29) is 18.0 Å². The molecule has 5 nitrogen and oxygen atoms in total. The van der Waals surface area contributed by atoms with Crippen LogP contribution in [0.5, 0.6) is 0 Å². The summed E-state index contributed by atoms with van der Waals surface area (Å²) in [6.45, 7) is 3.21. The molecule has 2 aliphatic heterocycles. The van der Waals surface area contributed by atoms with Crippen LogP contribution in [0.2, 0.25) is 0 Å². The second-order valence-electron chi connectivity index (χ2n) is 6.89. The lowest BCUT2D eigenvalue weighted by Crippen LogP contribution is -2.41. The van der Waals surface area contributed by atoms with E-state index in [1.807, 2.05) is 0 Å². The van der Waals surface area contributed by atoms with Crippen molar-refractivity contribution in [2.24, 2.45) is 11.8 Å². The van der Waals surface area contributed by atoms with Gasteiger partial charge in [-0.05, 0) is 62.0 Å². The number of rotatable bonds is 3. The average molecular weight is 369 g/mol. The highest BCUT2D eigenvalue weighted by Crippen LogP contribution is 2.29. The van der Waals surface area contributed by atoms with E-state index in [0.717, 1.165) is 50.2 Å². The van der Waals surface area contributed by atoms with Gasteiger partial charge in [0.1, 0.15) is 0 Å². The lowest BCUT2D eigenvalue weighted by atomic mass is 9.92. The van der Waals surface area contributed by atoms with Crippen molar-refractivity contribution in [1.29, 1.82) is 0 Å². The third-order valence-corrected chi connectivity index (χ3v) is 5.25. The molecule has 2 amide bonds. The van der Waals surface area contributed by atoms with Crippen LogP contribution in [-0.2, 0) is 11.0 Å². The molecule has 2 fully saturated rings. The lowest BCUT2D eigenvalue weighted by molar-refractivity contribution is -0.137. The maximum Gasteiger partial charge on any atom is 0.416 e. The molecule has 142 valence electrons. The third kappa shape index (κ3) is 4.35. The number of carbonyl (C=O) groups is 2. The van der Waals surface area contributed by atoms with E-state index in [1.165, 1.54) is 0 Å². The second kappa shape index (κ2) is 7.65. The molecular weight excluding hydrogens is 347 g/mol. The molecule has 1 aromatic carbocycles. The van der Waals surface area contributed by atoms with Crippen LogP contribution in [-0.4, -0.2) is 49.4 Å². The summed E-state index contributed by atoms with van der Waals surface area (Å²) in [5.74, 6) is 0.505. The Morgan fingerprint density at radius 2 is 1.65 bits per heavy atom. The maximum atomic E-state index is 12.5. The molecule has 0 aliphatic carbocycles. The van der Waals surface area contributed by atoms with E-state index >= 15 is 0 Å². The zero-order chi connectivity index (χ0) is 18.7. The molecule has 3 rings (SSSR count). The van der Waals surface area contributed by atoms with E-state index in [0.29, 0.717) is 24.9 Å². The smallest absolute Gasteiger partial charge is 0.343 e. The van der Waals surface area contributed by atoms with E-state index in [2.05, 4.69) is 10.6 Å². The first-order valence-corrected chi connectivity index (χ1v) is 8.78. The van der Waals surface area contributed by atoms with Gasteiger partial charge < -0.3 is 15.5 Å². The minimum atomic E-state index is -4.44. The lowest BCUT2D eigenvalue weighted by Gasteiger charge is -2.21. The molecule has 0 bridgehead atoms. The Bertz CT molecular complexity index is 647. The second-order valence-corrected chi connectivity index (χ2v) is 6.89. The summed E-state index contributed by atoms with van der Waals surface area (Å²) >= 11 is 0. The fourth-order valence-corrected chi connectivity index (χ4v) is 3.65. The predicted octanol–water partition coefficient (Wildman–Crippen LogP) is 1.89. The molecule has 8 heteroatoms. The highest BCUT2D eigenvalue weighted by molar-refractivity contribution is 5.96. The summed E-state index contributed by atoms with van der Waals surface area (Å²) in [4.78, 5) is 26.2. The molecule has 2 atom stereocenters. The van der Waals surface area contributed by atoms with Crippen LogP contribution in [0, 0.1) is 11.8 Å². The molecule has 0 radical (unpaired) electrons. The molecular formula is C18H22F3N3O2. The van der Waals surface area contributed by atoms with Crippen LogP contribution in [0.4, 0.5) is 13.2 Å². The van der Waals surface area contributed by atoms with Gasteiger partial charge in [-0.1, -0.05) is 0 Å². The molecule has 0 aromatic heterocycles. The Morgan fingerprint density at radius 3 is 2.19 bits per heavy atom. The Labute approximate surface area is 149 Å². The quantitative estimate of drug-likeness (QED) is 0.856. The summed E-state index contributed by atoms with van der Waals surface area (Å²) < 4.78 is 37.6. The summed E-state index contributed by atoms with van der Waals surface area (Å²) in [6.07, 6.45) is -2.53. The normalized spacial score (nSPS) is 23.3. The highest BCUT2D eigenvalue weighted by Gasteiger charge is 2.32. The van der Waals surface area contributed by atoms with Gasteiger partial charge in [-0.3, -0.25) is 9.59 Å². The van der Waals surface area contributed by atoms with E-state index in [1.54, 1.807) is 4.90 Å². The van der Waals surface area contributed by atoms with Gasteiger partial charge in [0.25, 0.3) is 5.91 Å². The van der Waals surface area contributed by atoms with Crippen LogP contribution in [0.15, 0.2) is 24.3 Å². The zero-order valence-electron chi connectivity index (χ0n) is 14.3. The highest BCUT2D eigenvalue weighted by atomic mass is 19.4. The number of hydrogen-bond donors (Lipinski definition) is 2. The number of likely N-dealkylation sites (tertiary alicyclic amines) is 1. The van der Waals surface area contributed by atoms with Gasteiger partial charge in [0.05, 0.1) is 12.1 Å². The number of hydrogen-bond acceptors (Lipinski definition) is 3. The van der Waals surface area contributed by atoms with Crippen molar-refractivity contribution in [3.8, 4) is 0 Å². The fourth-order valence-electron chi connectivity index (χ4n) is 3.65. The fraction of sp³-hybridized carbons (Fsp3) is 0.556. The van der Waals surface area contributed by atoms with E-state index in [4.69, 9.17) is 0 Å². The Hall–Kier alpha value is -2.09. The molecule has 0 spiro atoms. The number of amides is 2. The standard InChI is InChI=1S/C18H22F3N3O2/c19-18(20,21)15-3-1-12(2-4-15)17(26)23-11-16(25)24-7-5-13-9-22-10-14(13)6-8-24/h1-4,13-14,22H,5-11H2,(H,23,26)/t13-,14+. The topological polar surface area (TPSA) is 61.4 Å². The van der Waals surface area contributed by atoms with Gasteiger partial charge in [0, 0.05) is 18.7 Å². The van der Waals surface area contributed by atoms with E-state index < -0.39 is 17.6 Å². The Kier molecular flexibility index (Phi) is 5.50. The first kappa shape index (κ1) is 18.7.